The number of amides is 1. The van der Waals surface area contributed by atoms with E-state index in [1.807, 2.05) is 24.3 Å². The molecule has 1 aliphatic carbocycles. The van der Waals surface area contributed by atoms with Crippen molar-refractivity contribution in [3.63, 3.8) is 0 Å². The van der Waals surface area contributed by atoms with E-state index in [1.165, 1.54) is 16.0 Å². The normalized spacial score (nSPS) is 13.6. The van der Waals surface area contributed by atoms with Crippen LogP contribution in [0.2, 0.25) is 0 Å². The van der Waals surface area contributed by atoms with Gasteiger partial charge >= 0.3 is 5.97 Å². The molecule has 0 unspecified atom stereocenters. The van der Waals surface area contributed by atoms with Gasteiger partial charge in [-0.15, -0.1) is 0 Å². The van der Waals surface area contributed by atoms with Crippen molar-refractivity contribution in [3.05, 3.63) is 65.2 Å². The minimum atomic E-state index is -0.970. The molecule has 0 N–H and O–H groups in total. The van der Waals surface area contributed by atoms with Crippen molar-refractivity contribution in [1.29, 1.82) is 0 Å². The summed E-state index contributed by atoms with van der Waals surface area (Å²) in [5, 5.41) is 0. The number of hydrogen-bond donors (Lipinski definition) is 0. The zero-order valence-corrected chi connectivity index (χ0v) is 15.1. The highest BCUT2D eigenvalue weighted by Crippen LogP contribution is 2.26. The molecule has 2 aromatic carbocycles. The van der Waals surface area contributed by atoms with Gasteiger partial charge in [0.25, 0.3) is 5.91 Å². The number of aryl methyl sites for hydroxylation is 2. The van der Waals surface area contributed by atoms with Crippen molar-refractivity contribution < 1.29 is 19.1 Å². The molecule has 1 aliphatic rings. The minimum Gasteiger partial charge on any atom is -0.482 e. The summed E-state index contributed by atoms with van der Waals surface area (Å²) in [6.07, 6.45) is 2.34. The highest BCUT2D eigenvalue weighted by atomic mass is 16.6. The minimum absolute atomic E-state index is 0.233. The lowest BCUT2D eigenvalue weighted by molar-refractivity contribution is -0.161. The molecule has 0 aromatic heterocycles. The third-order valence-electron chi connectivity index (χ3n) is 4.44. The Bertz CT molecular complexity index is 786. The van der Waals surface area contributed by atoms with E-state index in [-0.39, 0.29) is 12.5 Å². The predicted molar refractivity (Wildman–Crippen MR) is 97.9 cm³/mol. The quantitative estimate of drug-likeness (QED) is 0.750. The van der Waals surface area contributed by atoms with Crippen LogP contribution in [-0.2, 0) is 27.2 Å². The molecule has 0 bridgehead atoms. The molecule has 26 heavy (non-hydrogen) atoms. The van der Waals surface area contributed by atoms with Gasteiger partial charge in [0.2, 0.25) is 6.10 Å². The van der Waals surface area contributed by atoms with E-state index in [9.17, 15) is 9.59 Å². The molecule has 1 amide bonds. The summed E-state index contributed by atoms with van der Waals surface area (Å²) in [7, 11) is 3.26. The van der Waals surface area contributed by atoms with Gasteiger partial charge in [0.05, 0.1) is 0 Å². The Hall–Kier alpha value is -2.82. The maximum atomic E-state index is 12.4. The van der Waals surface area contributed by atoms with E-state index in [0.717, 1.165) is 19.3 Å². The van der Waals surface area contributed by atoms with Gasteiger partial charge in [-0.2, -0.15) is 0 Å². The Kier molecular flexibility index (Phi) is 5.56. The Morgan fingerprint density at radius 3 is 2.50 bits per heavy atom. The molecule has 0 radical (unpaired) electrons. The van der Waals surface area contributed by atoms with E-state index in [1.54, 1.807) is 38.4 Å². The third-order valence-corrected chi connectivity index (χ3v) is 4.44. The number of esters is 1. The SMILES string of the molecule is CN(C)C(=O)[C@H](OC(=O)COc1ccc2c(c1)CCC2)c1ccccc1. The highest BCUT2D eigenvalue weighted by Gasteiger charge is 2.26. The summed E-state index contributed by atoms with van der Waals surface area (Å²) in [6.45, 7) is -0.233. The molecule has 136 valence electrons. The van der Waals surface area contributed by atoms with Gasteiger partial charge in [-0.05, 0) is 42.5 Å². The average Bonchev–Trinajstić information content (AvgIpc) is 3.12. The number of carbonyl (C=O) groups excluding carboxylic acids is 2. The van der Waals surface area contributed by atoms with E-state index >= 15 is 0 Å². The number of hydrogen-bond acceptors (Lipinski definition) is 4. The van der Waals surface area contributed by atoms with Crippen LogP contribution in [0.1, 0.15) is 29.2 Å². The van der Waals surface area contributed by atoms with Crippen LogP contribution < -0.4 is 4.74 Å². The number of rotatable bonds is 6. The summed E-state index contributed by atoms with van der Waals surface area (Å²) in [5.74, 6) is -0.213. The van der Waals surface area contributed by atoms with Crippen LogP contribution >= 0.6 is 0 Å². The first-order valence-electron chi connectivity index (χ1n) is 8.75. The monoisotopic (exact) mass is 353 g/mol. The fourth-order valence-corrected chi connectivity index (χ4v) is 3.07. The number of ether oxygens (including phenoxy) is 2. The lowest BCUT2D eigenvalue weighted by Crippen LogP contribution is -2.32. The number of likely N-dealkylation sites (N-methyl/N-ethyl adjacent to an activating group) is 1. The van der Waals surface area contributed by atoms with Crippen LogP contribution in [0.3, 0.4) is 0 Å². The molecule has 2 aromatic rings. The lowest BCUT2D eigenvalue weighted by atomic mass is 10.1. The maximum absolute atomic E-state index is 12.4. The van der Waals surface area contributed by atoms with Crippen LogP contribution in [0, 0.1) is 0 Å². The smallest absolute Gasteiger partial charge is 0.345 e. The van der Waals surface area contributed by atoms with Crippen LogP contribution in [0.15, 0.2) is 48.5 Å². The van der Waals surface area contributed by atoms with Gasteiger partial charge in [-0.25, -0.2) is 4.79 Å². The third kappa shape index (κ3) is 4.23. The number of nitrogens with zero attached hydrogens (tertiary/aromatic N) is 1. The van der Waals surface area contributed by atoms with Gasteiger partial charge in [0, 0.05) is 19.7 Å². The Morgan fingerprint density at radius 2 is 1.77 bits per heavy atom. The number of carbonyl (C=O) groups is 2. The molecule has 0 heterocycles. The van der Waals surface area contributed by atoms with Crippen molar-refractivity contribution in [2.24, 2.45) is 0 Å². The van der Waals surface area contributed by atoms with E-state index in [2.05, 4.69) is 0 Å². The second-order valence-electron chi connectivity index (χ2n) is 6.59. The van der Waals surface area contributed by atoms with Gasteiger partial charge in [-0.3, -0.25) is 4.79 Å². The molecule has 0 spiro atoms. The molecule has 0 fully saturated rings. The van der Waals surface area contributed by atoms with Crippen LogP contribution in [-0.4, -0.2) is 37.5 Å². The van der Waals surface area contributed by atoms with Crippen LogP contribution in [0.4, 0.5) is 0 Å². The first-order valence-corrected chi connectivity index (χ1v) is 8.75. The molecular formula is C21H23NO4. The Labute approximate surface area is 153 Å². The van der Waals surface area contributed by atoms with Crippen molar-refractivity contribution in [2.45, 2.75) is 25.4 Å². The molecule has 5 heteroatoms. The zero-order chi connectivity index (χ0) is 18.5. The molecule has 5 nitrogen and oxygen atoms in total. The largest absolute Gasteiger partial charge is 0.482 e. The van der Waals surface area contributed by atoms with E-state index in [4.69, 9.17) is 9.47 Å². The summed E-state index contributed by atoms with van der Waals surface area (Å²) < 4.78 is 11.0. The Morgan fingerprint density at radius 1 is 1.04 bits per heavy atom. The second kappa shape index (κ2) is 8.04. The fraction of sp³-hybridized carbons (Fsp3) is 0.333. The predicted octanol–water partition coefficient (Wildman–Crippen LogP) is 2.93. The number of fused-ring (bicyclic) bond motifs is 1. The molecule has 0 saturated carbocycles. The molecule has 1 atom stereocenters. The summed E-state index contributed by atoms with van der Waals surface area (Å²) >= 11 is 0. The molecule has 0 saturated heterocycles. The fourth-order valence-electron chi connectivity index (χ4n) is 3.07. The van der Waals surface area contributed by atoms with Gasteiger partial charge in [-0.1, -0.05) is 36.4 Å². The van der Waals surface area contributed by atoms with Crippen LogP contribution in [0.5, 0.6) is 5.75 Å². The van der Waals surface area contributed by atoms with Crippen molar-refractivity contribution >= 4 is 11.9 Å². The summed E-state index contributed by atoms with van der Waals surface area (Å²) in [4.78, 5) is 26.0. The van der Waals surface area contributed by atoms with Crippen molar-refractivity contribution in [3.8, 4) is 5.75 Å². The first-order chi connectivity index (χ1) is 12.5. The zero-order valence-electron chi connectivity index (χ0n) is 15.1. The van der Waals surface area contributed by atoms with Gasteiger partial charge in [0.1, 0.15) is 5.75 Å². The van der Waals surface area contributed by atoms with Gasteiger partial charge in [0.15, 0.2) is 6.61 Å². The van der Waals surface area contributed by atoms with Crippen LogP contribution in [0.25, 0.3) is 0 Å². The second-order valence-corrected chi connectivity index (χ2v) is 6.59. The van der Waals surface area contributed by atoms with Crippen molar-refractivity contribution in [1.82, 2.24) is 4.90 Å². The first kappa shape index (κ1) is 18.0. The van der Waals surface area contributed by atoms with Gasteiger partial charge < -0.3 is 14.4 Å². The van der Waals surface area contributed by atoms with Crippen molar-refractivity contribution in [2.75, 3.05) is 20.7 Å². The standard InChI is InChI=1S/C21H23NO4/c1-22(2)21(24)20(16-7-4-3-5-8-16)26-19(23)14-25-18-12-11-15-9-6-10-17(15)13-18/h3-5,7-8,11-13,20H,6,9-10,14H2,1-2H3/t20-/m1/s1. The average molecular weight is 353 g/mol. The number of benzene rings is 2. The highest BCUT2D eigenvalue weighted by molar-refractivity contribution is 5.85. The summed E-state index contributed by atoms with van der Waals surface area (Å²) in [5.41, 5.74) is 3.26. The molecule has 3 rings (SSSR count). The van der Waals surface area contributed by atoms with E-state index in [0.29, 0.717) is 11.3 Å². The lowest BCUT2D eigenvalue weighted by Gasteiger charge is -2.21. The topological polar surface area (TPSA) is 55.8 Å². The molecular weight excluding hydrogens is 330 g/mol. The van der Waals surface area contributed by atoms with E-state index < -0.39 is 12.1 Å². The maximum Gasteiger partial charge on any atom is 0.345 e. The Balaban J connectivity index is 1.63. The molecule has 0 aliphatic heterocycles. The summed E-state index contributed by atoms with van der Waals surface area (Å²) in [6, 6.07) is 14.9.